The summed E-state index contributed by atoms with van der Waals surface area (Å²) in [6, 6.07) is 8.89. The number of benzene rings is 1. The predicted octanol–water partition coefficient (Wildman–Crippen LogP) is 3.35. The Hall–Kier alpha value is -1.88. The van der Waals surface area contributed by atoms with Gasteiger partial charge >= 0.3 is 11.9 Å². The molecule has 1 atom stereocenters. The minimum Gasteiger partial charge on any atom is -0.460 e. The topological polar surface area (TPSA) is 78.6 Å². The molecule has 1 aromatic carbocycles. The smallest absolute Gasteiger partial charge is 0.323 e. The average molecular weight is 335 g/mol. The maximum absolute atomic E-state index is 11.8. The molecule has 24 heavy (non-hydrogen) atoms. The minimum absolute atomic E-state index is 0.186. The Bertz CT molecular complexity index is 508. The molecule has 0 bridgehead atoms. The second-order valence-corrected chi connectivity index (χ2v) is 6.89. The molecule has 0 aliphatic rings. The number of hydrogen-bond acceptors (Lipinski definition) is 5. The zero-order valence-electron chi connectivity index (χ0n) is 14.9. The summed E-state index contributed by atoms with van der Waals surface area (Å²) in [6.45, 7) is 5.80. The normalized spacial score (nSPS) is 12.5. The number of hydrogen-bond donors (Lipinski definition) is 1. The van der Waals surface area contributed by atoms with Crippen LogP contribution in [0.3, 0.4) is 0 Å². The van der Waals surface area contributed by atoms with E-state index in [0.717, 1.165) is 24.8 Å². The maximum atomic E-state index is 11.8. The lowest BCUT2D eigenvalue weighted by Gasteiger charge is -2.19. The molecular formula is C19H29NO4. The number of nitrogens with two attached hydrogens (primary N) is 1. The molecule has 1 rings (SSSR count). The molecule has 1 aromatic rings. The minimum atomic E-state index is -0.616. The van der Waals surface area contributed by atoms with Crippen LogP contribution in [0.5, 0.6) is 0 Å². The van der Waals surface area contributed by atoms with Gasteiger partial charge in [0.05, 0.1) is 0 Å². The van der Waals surface area contributed by atoms with Crippen molar-refractivity contribution in [3.05, 3.63) is 35.9 Å². The van der Waals surface area contributed by atoms with Crippen LogP contribution in [-0.4, -0.2) is 23.6 Å². The van der Waals surface area contributed by atoms with Crippen LogP contribution >= 0.6 is 0 Å². The van der Waals surface area contributed by atoms with Crippen molar-refractivity contribution in [1.29, 1.82) is 0 Å². The highest BCUT2D eigenvalue weighted by atomic mass is 16.6. The van der Waals surface area contributed by atoms with Crippen LogP contribution in [0, 0.1) is 0 Å². The van der Waals surface area contributed by atoms with Crippen LogP contribution in [0.1, 0.15) is 58.4 Å². The first kappa shape index (κ1) is 20.2. The van der Waals surface area contributed by atoms with E-state index in [9.17, 15) is 9.59 Å². The summed E-state index contributed by atoms with van der Waals surface area (Å²) in [5, 5.41) is 0. The Labute approximate surface area is 144 Å². The zero-order valence-corrected chi connectivity index (χ0v) is 14.9. The highest BCUT2D eigenvalue weighted by Crippen LogP contribution is 2.12. The first-order chi connectivity index (χ1) is 11.3. The van der Waals surface area contributed by atoms with E-state index in [1.807, 2.05) is 51.1 Å². The van der Waals surface area contributed by atoms with E-state index in [-0.39, 0.29) is 18.5 Å². The van der Waals surface area contributed by atoms with Gasteiger partial charge in [0.1, 0.15) is 18.2 Å². The second-order valence-electron chi connectivity index (χ2n) is 6.89. The Morgan fingerprint density at radius 3 is 2.38 bits per heavy atom. The fraction of sp³-hybridized carbons (Fsp3) is 0.579. The van der Waals surface area contributed by atoms with E-state index in [0.29, 0.717) is 12.8 Å². The molecule has 0 spiro atoms. The van der Waals surface area contributed by atoms with Crippen LogP contribution in [0.2, 0.25) is 0 Å². The van der Waals surface area contributed by atoms with Gasteiger partial charge in [-0.3, -0.25) is 9.59 Å². The van der Waals surface area contributed by atoms with Crippen molar-refractivity contribution in [2.45, 2.75) is 71.1 Å². The van der Waals surface area contributed by atoms with Gasteiger partial charge in [0.2, 0.25) is 0 Å². The lowest BCUT2D eigenvalue weighted by molar-refractivity contribution is -0.155. The van der Waals surface area contributed by atoms with E-state index < -0.39 is 11.6 Å². The van der Waals surface area contributed by atoms with E-state index in [1.165, 1.54) is 0 Å². The van der Waals surface area contributed by atoms with Gasteiger partial charge in [0.15, 0.2) is 0 Å². The van der Waals surface area contributed by atoms with Gasteiger partial charge < -0.3 is 15.2 Å². The average Bonchev–Trinajstić information content (AvgIpc) is 2.51. The van der Waals surface area contributed by atoms with Gasteiger partial charge in [-0.05, 0) is 39.2 Å². The van der Waals surface area contributed by atoms with Crippen molar-refractivity contribution in [2.24, 2.45) is 5.73 Å². The quantitative estimate of drug-likeness (QED) is 0.553. The Morgan fingerprint density at radius 1 is 1.08 bits per heavy atom. The molecule has 5 heteroatoms. The first-order valence-electron chi connectivity index (χ1n) is 8.46. The number of rotatable bonds is 9. The molecular weight excluding hydrogens is 306 g/mol. The molecule has 0 radical (unpaired) electrons. The van der Waals surface area contributed by atoms with Gasteiger partial charge in [-0.15, -0.1) is 0 Å². The highest BCUT2D eigenvalue weighted by Gasteiger charge is 2.17. The van der Waals surface area contributed by atoms with Crippen LogP contribution in [0.25, 0.3) is 0 Å². The van der Waals surface area contributed by atoms with Gasteiger partial charge in [0.25, 0.3) is 0 Å². The van der Waals surface area contributed by atoms with Crippen molar-refractivity contribution in [2.75, 3.05) is 0 Å². The van der Waals surface area contributed by atoms with Crippen molar-refractivity contribution in [3.8, 4) is 0 Å². The van der Waals surface area contributed by atoms with E-state index in [2.05, 4.69) is 0 Å². The third-order valence-electron chi connectivity index (χ3n) is 3.34. The van der Waals surface area contributed by atoms with Crippen LogP contribution in [0.15, 0.2) is 30.3 Å². The van der Waals surface area contributed by atoms with Crippen LogP contribution < -0.4 is 5.73 Å². The van der Waals surface area contributed by atoms with Crippen LogP contribution in [-0.2, 0) is 25.7 Å². The summed E-state index contributed by atoms with van der Waals surface area (Å²) >= 11 is 0. The third-order valence-corrected chi connectivity index (χ3v) is 3.34. The highest BCUT2D eigenvalue weighted by molar-refractivity contribution is 5.75. The zero-order chi connectivity index (χ0) is 18.0. The largest absolute Gasteiger partial charge is 0.460 e. The number of esters is 2. The lowest BCUT2D eigenvalue weighted by Crippen LogP contribution is -2.32. The van der Waals surface area contributed by atoms with Crippen molar-refractivity contribution >= 4 is 11.9 Å². The van der Waals surface area contributed by atoms with Crippen molar-refractivity contribution in [1.82, 2.24) is 0 Å². The van der Waals surface area contributed by atoms with Crippen molar-refractivity contribution in [3.63, 3.8) is 0 Å². The van der Waals surface area contributed by atoms with E-state index in [4.69, 9.17) is 15.2 Å². The Balaban J connectivity index is 2.11. The predicted molar refractivity (Wildman–Crippen MR) is 93.1 cm³/mol. The molecule has 0 saturated heterocycles. The Morgan fingerprint density at radius 2 is 1.75 bits per heavy atom. The standard InChI is InChI=1S/C19H29NO4/c1-19(2,3)24-17(21)13-9-5-8-12-16(20)18(22)23-14-15-10-6-4-7-11-15/h4,6-7,10-11,16H,5,8-9,12-14,20H2,1-3H3/t16-/m0/s1. The fourth-order valence-electron chi connectivity index (χ4n) is 2.16. The SMILES string of the molecule is CC(C)(C)OC(=O)CCCCC[C@H](N)C(=O)OCc1ccccc1. The summed E-state index contributed by atoms with van der Waals surface area (Å²) in [7, 11) is 0. The monoisotopic (exact) mass is 335 g/mol. The van der Waals surface area contributed by atoms with Gasteiger partial charge in [-0.25, -0.2) is 0 Å². The molecule has 0 fully saturated rings. The molecule has 134 valence electrons. The number of unbranched alkanes of at least 4 members (excludes halogenated alkanes) is 2. The summed E-state index contributed by atoms with van der Waals surface area (Å²) in [4.78, 5) is 23.4. The number of ether oxygens (including phenoxy) is 2. The lowest BCUT2D eigenvalue weighted by atomic mass is 10.1. The molecule has 0 aliphatic carbocycles. The van der Waals surface area contributed by atoms with E-state index >= 15 is 0 Å². The maximum Gasteiger partial charge on any atom is 0.323 e. The molecule has 5 nitrogen and oxygen atoms in total. The molecule has 0 aliphatic heterocycles. The molecule has 0 aromatic heterocycles. The molecule has 0 saturated carbocycles. The van der Waals surface area contributed by atoms with Crippen LogP contribution in [0.4, 0.5) is 0 Å². The molecule has 2 N–H and O–H groups in total. The molecule has 0 heterocycles. The third kappa shape index (κ3) is 9.30. The van der Waals surface area contributed by atoms with E-state index in [1.54, 1.807) is 0 Å². The Kier molecular flexibility index (Phi) is 8.47. The number of carbonyl (C=O) groups is 2. The summed E-state index contributed by atoms with van der Waals surface area (Å²) < 4.78 is 10.4. The first-order valence-corrected chi connectivity index (χ1v) is 8.46. The molecule has 0 amide bonds. The summed E-state index contributed by atoms with van der Waals surface area (Å²) in [5.74, 6) is -0.569. The summed E-state index contributed by atoms with van der Waals surface area (Å²) in [6.07, 6.45) is 3.30. The van der Waals surface area contributed by atoms with Crippen molar-refractivity contribution < 1.29 is 19.1 Å². The fourth-order valence-corrected chi connectivity index (χ4v) is 2.16. The second kappa shape index (κ2) is 10.1. The van der Waals surface area contributed by atoms with Gasteiger partial charge in [-0.2, -0.15) is 0 Å². The van der Waals surface area contributed by atoms with Gasteiger partial charge in [-0.1, -0.05) is 43.2 Å². The molecule has 0 unspecified atom stereocenters. The number of carbonyl (C=O) groups excluding carboxylic acids is 2. The van der Waals surface area contributed by atoms with Gasteiger partial charge in [0, 0.05) is 6.42 Å². The summed E-state index contributed by atoms with van der Waals surface area (Å²) in [5.41, 5.74) is 6.34.